The molecule has 2 aromatic carbocycles. The molecule has 4 rings (SSSR count). The molecule has 4 heteroatoms. The van der Waals surface area contributed by atoms with Gasteiger partial charge in [-0.25, -0.2) is 4.79 Å². The summed E-state index contributed by atoms with van der Waals surface area (Å²) in [5.41, 5.74) is 4.89. The van der Waals surface area contributed by atoms with Crippen LogP contribution >= 0.6 is 0 Å². The van der Waals surface area contributed by atoms with Crippen LogP contribution in [0.4, 0.5) is 4.79 Å². The number of carbonyl (C=O) groups excluding carboxylic acids is 1. The summed E-state index contributed by atoms with van der Waals surface area (Å²) in [6.07, 6.45) is 3.15. The second-order valence-electron chi connectivity index (χ2n) is 6.14. The van der Waals surface area contributed by atoms with Crippen LogP contribution in [0, 0.1) is 6.42 Å². The third-order valence-electron chi connectivity index (χ3n) is 4.63. The lowest BCUT2D eigenvalue weighted by molar-refractivity contribution is 0.0242. The van der Waals surface area contributed by atoms with Crippen molar-refractivity contribution in [3.63, 3.8) is 0 Å². The standard InChI is InChI=1S/C20H20NO3/c22-20(21-19-11-5-6-12-23-19)24-13-18-16-9-3-1-7-14(16)15-8-2-4-10-17(15)18/h1-4,7-11,18-19H,5-6,12-13H2,(H,21,22)/t19-/m1/s1. The molecule has 0 spiro atoms. The van der Waals surface area contributed by atoms with Gasteiger partial charge in [0.05, 0.1) is 0 Å². The molecule has 0 bridgehead atoms. The smallest absolute Gasteiger partial charge is 0.409 e. The van der Waals surface area contributed by atoms with E-state index < -0.39 is 6.09 Å². The molecule has 1 N–H and O–H groups in total. The van der Waals surface area contributed by atoms with E-state index in [1.165, 1.54) is 22.3 Å². The van der Waals surface area contributed by atoms with Gasteiger partial charge in [0, 0.05) is 18.9 Å². The highest BCUT2D eigenvalue weighted by atomic mass is 16.6. The molecule has 0 unspecified atom stereocenters. The lowest BCUT2D eigenvalue weighted by Crippen LogP contribution is -2.40. The van der Waals surface area contributed by atoms with Gasteiger partial charge < -0.3 is 9.47 Å². The van der Waals surface area contributed by atoms with Crippen LogP contribution in [0.15, 0.2) is 48.5 Å². The summed E-state index contributed by atoms with van der Waals surface area (Å²) in [4.78, 5) is 12.1. The molecule has 4 nitrogen and oxygen atoms in total. The van der Waals surface area contributed by atoms with Crippen LogP contribution in [0.2, 0.25) is 0 Å². The van der Waals surface area contributed by atoms with Gasteiger partial charge in [-0.2, -0.15) is 0 Å². The Hall–Kier alpha value is -2.33. The van der Waals surface area contributed by atoms with Crippen molar-refractivity contribution < 1.29 is 14.3 Å². The number of alkyl carbamates (subject to hydrolysis) is 1. The first-order valence-corrected chi connectivity index (χ1v) is 8.39. The summed E-state index contributed by atoms with van der Waals surface area (Å²) < 4.78 is 11.0. The minimum atomic E-state index is -0.431. The molecule has 24 heavy (non-hydrogen) atoms. The van der Waals surface area contributed by atoms with Gasteiger partial charge in [0.25, 0.3) is 0 Å². The summed E-state index contributed by atoms with van der Waals surface area (Å²) in [5, 5.41) is 2.75. The number of hydrogen-bond donors (Lipinski definition) is 1. The molecule has 1 aliphatic carbocycles. The highest BCUT2D eigenvalue weighted by Gasteiger charge is 2.29. The van der Waals surface area contributed by atoms with Gasteiger partial charge in [0.2, 0.25) is 0 Å². The van der Waals surface area contributed by atoms with Crippen molar-refractivity contribution in [1.82, 2.24) is 5.32 Å². The molecule has 1 heterocycles. The number of benzene rings is 2. The molecule has 2 aromatic rings. The number of amides is 1. The Kier molecular flexibility index (Phi) is 4.22. The van der Waals surface area contributed by atoms with Crippen molar-refractivity contribution in [2.75, 3.05) is 13.2 Å². The summed E-state index contributed by atoms with van der Waals surface area (Å²) in [7, 11) is 0. The van der Waals surface area contributed by atoms with Crippen LogP contribution in [-0.4, -0.2) is 25.5 Å². The van der Waals surface area contributed by atoms with Gasteiger partial charge in [-0.05, 0) is 35.1 Å². The predicted molar refractivity (Wildman–Crippen MR) is 91.5 cm³/mol. The highest BCUT2D eigenvalue weighted by Crippen LogP contribution is 2.44. The van der Waals surface area contributed by atoms with Crippen LogP contribution in [-0.2, 0) is 9.47 Å². The summed E-state index contributed by atoms with van der Waals surface area (Å²) in [6, 6.07) is 16.6. The van der Waals surface area contributed by atoms with Crippen LogP contribution in [0.3, 0.4) is 0 Å². The van der Waals surface area contributed by atoms with Crippen molar-refractivity contribution in [2.24, 2.45) is 0 Å². The van der Waals surface area contributed by atoms with E-state index in [1.54, 1.807) is 0 Å². The molecule has 1 fully saturated rings. The normalized spacial score (nSPS) is 19.4. The van der Waals surface area contributed by atoms with Gasteiger partial charge in [-0.15, -0.1) is 0 Å². The van der Waals surface area contributed by atoms with Gasteiger partial charge in [-0.3, -0.25) is 5.32 Å². The largest absolute Gasteiger partial charge is 0.448 e. The van der Waals surface area contributed by atoms with Gasteiger partial charge in [0.1, 0.15) is 12.8 Å². The number of hydrogen-bond acceptors (Lipinski definition) is 3. The lowest BCUT2D eigenvalue weighted by atomic mass is 9.98. The zero-order valence-electron chi connectivity index (χ0n) is 13.4. The van der Waals surface area contributed by atoms with Gasteiger partial charge in [0.15, 0.2) is 0 Å². The number of nitrogens with one attached hydrogen (secondary N) is 1. The first-order chi connectivity index (χ1) is 11.8. The summed E-state index contributed by atoms with van der Waals surface area (Å²) in [5.74, 6) is 0.0828. The van der Waals surface area contributed by atoms with Gasteiger partial charge >= 0.3 is 6.09 Å². The maximum Gasteiger partial charge on any atom is 0.409 e. The van der Waals surface area contributed by atoms with Crippen molar-refractivity contribution in [2.45, 2.75) is 25.0 Å². The van der Waals surface area contributed by atoms with Crippen molar-refractivity contribution >= 4 is 6.09 Å². The predicted octanol–water partition coefficient (Wildman–Crippen LogP) is 3.87. The quantitative estimate of drug-likeness (QED) is 0.933. The average molecular weight is 322 g/mol. The Balaban J connectivity index is 1.45. The summed E-state index contributed by atoms with van der Waals surface area (Å²) >= 11 is 0. The molecule has 0 saturated carbocycles. The van der Waals surface area contributed by atoms with E-state index in [1.807, 2.05) is 30.7 Å². The van der Waals surface area contributed by atoms with Crippen LogP contribution in [0.5, 0.6) is 0 Å². The number of fused-ring (bicyclic) bond motifs is 3. The molecular formula is C20H20NO3. The minimum Gasteiger partial charge on any atom is -0.448 e. The van der Waals surface area contributed by atoms with Crippen LogP contribution in [0.25, 0.3) is 11.1 Å². The first-order valence-electron chi connectivity index (χ1n) is 8.39. The maximum absolute atomic E-state index is 12.1. The zero-order valence-corrected chi connectivity index (χ0v) is 13.4. The third kappa shape index (κ3) is 2.89. The van der Waals surface area contributed by atoms with E-state index in [9.17, 15) is 4.79 Å². The monoisotopic (exact) mass is 322 g/mol. The molecule has 1 amide bonds. The molecule has 0 aromatic heterocycles. The molecule has 1 radical (unpaired) electrons. The molecule has 1 saturated heterocycles. The second kappa shape index (κ2) is 6.65. The van der Waals surface area contributed by atoms with E-state index in [0.717, 1.165) is 12.8 Å². The Labute approximate surface area is 141 Å². The van der Waals surface area contributed by atoms with E-state index in [0.29, 0.717) is 13.2 Å². The van der Waals surface area contributed by atoms with E-state index >= 15 is 0 Å². The van der Waals surface area contributed by atoms with Crippen molar-refractivity contribution in [3.05, 3.63) is 66.1 Å². The first kappa shape index (κ1) is 15.2. The Bertz CT molecular complexity index is 692. The zero-order chi connectivity index (χ0) is 16.4. The number of rotatable bonds is 3. The van der Waals surface area contributed by atoms with E-state index in [2.05, 4.69) is 29.6 Å². The highest BCUT2D eigenvalue weighted by molar-refractivity contribution is 5.79. The number of ether oxygens (including phenoxy) is 2. The molecule has 1 aliphatic heterocycles. The SMILES string of the molecule is O=C(N[C@H]1[CH]CCCO1)OCC1c2ccccc2-c2ccccc21. The lowest BCUT2D eigenvalue weighted by Gasteiger charge is -2.23. The fourth-order valence-electron chi connectivity index (χ4n) is 3.49. The Morgan fingerprint density at radius 3 is 2.38 bits per heavy atom. The average Bonchev–Trinajstić information content (AvgIpc) is 2.95. The molecule has 123 valence electrons. The topological polar surface area (TPSA) is 47.6 Å². The Morgan fingerprint density at radius 1 is 1.08 bits per heavy atom. The van der Waals surface area contributed by atoms with Crippen LogP contribution < -0.4 is 5.32 Å². The maximum atomic E-state index is 12.1. The molecule has 1 atom stereocenters. The summed E-state index contributed by atoms with van der Waals surface area (Å²) in [6.45, 7) is 0.997. The number of carbonyl (C=O) groups is 1. The fourth-order valence-corrected chi connectivity index (χ4v) is 3.49. The van der Waals surface area contributed by atoms with Crippen LogP contribution in [0.1, 0.15) is 29.9 Å². The third-order valence-corrected chi connectivity index (χ3v) is 4.63. The minimum absolute atomic E-state index is 0.0828. The van der Waals surface area contributed by atoms with Crippen molar-refractivity contribution in [3.8, 4) is 11.1 Å². The Morgan fingerprint density at radius 2 is 1.75 bits per heavy atom. The second-order valence-corrected chi connectivity index (χ2v) is 6.14. The fraction of sp³-hybridized carbons (Fsp3) is 0.300. The van der Waals surface area contributed by atoms with E-state index in [-0.39, 0.29) is 12.1 Å². The molecule has 2 aliphatic rings. The van der Waals surface area contributed by atoms with Crippen molar-refractivity contribution in [1.29, 1.82) is 0 Å². The molecular weight excluding hydrogens is 302 g/mol. The van der Waals surface area contributed by atoms with Gasteiger partial charge in [-0.1, -0.05) is 48.5 Å². The van der Waals surface area contributed by atoms with E-state index in [4.69, 9.17) is 9.47 Å².